The molecule has 0 fully saturated rings. The fourth-order valence-electron chi connectivity index (χ4n) is 2.41. The summed E-state index contributed by atoms with van der Waals surface area (Å²) in [5, 5.41) is 12.7. The van der Waals surface area contributed by atoms with Gasteiger partial charge in [-0.2, -0.15) is 0 Å². The molecule has 3 rings (SSSR count). The van der Waals surface area contributed by atoms with Gasteiger partial charge in [0.05, 0.1) is 0 Å². The van der Waals surface area contributed by atoms with Crippen LogP contribution in [0.5, 0.6) is 11.5 Å². The van der Waals surface area contributed by atoms with Crippen LogP contribution in [-0.2, 0) is 6.42 Å². The van der Waals surface area contributed by atoms with Gasteiger partial charge in [-0.3, -0.25) is 0 Å². The van der Waals surface area contributed by atoms with E-state index < -0.39 is 0 Å². The van der Waals surface area contributed by atoms with Gasteiger partial charge in [-0.15, -0.1) is 0 Å². The first-order valence-electron chi connectivity index (χ1n) is 7.21. The zero-order chi connectivity index (χ0) is 14.5. The Hall–Kier alpha value is -2.26. The lowest BCUT2D eigenvalue weighted by Gasteiger charge is -2.18. The second-order valence-corrected chi connectivity index (χ2v) is 5.22. The molecule has 3 nitrogen and oxygen atoms in total. The molecule has 1 aliphatic rings. The van der Waals surface area contributed by atoms with E-state index in [-0.39, 0.29) is 0 Å². The number of para-hydroxylation sites is 1. The molecule has 3 heteroatoms. The van der Waals surface area contributed by atoms with Crippen molar-refractivity contribution in [2.45, 2.75) is 6.42 Å². The van der Waals surface area contributed by atoms with Gasteiger partial charge in [0, 0.05) is 12.1 Å². The average Bonchev–Trinajstić information content (AvgIpc) is 2.53. The smallest absolute Gasteiger partial charge is 0.127 e. The number of hydrogen-bond acceptors (Lipinski definition) is 3. The summed E-state index contributed by atoms with van der Waals surface area (Å²) in [6, 6.07) is 15.5. The monoisotopic (exact) mass is 281 g/mol. The molecule has 0 unspecified atom stereocenters. The predicted molar refractivity (Wildman–Crippen MR) is 84.6 cm³/mol. The van der Waals surface area contributed by atoms with E-state index in [1.54, 1.807) is 12.1 Å². The Balaban J connectivity index is 1.48. The molecule has 0 radical (unpaired) electrons. The molecule has 0 atom stereocenters. The Bertz CT molecular complexity index is 632. The molecule has 1 aliphatic heterocycles. The van der Waals surface area contributed by atoms with Crippen molar-refractivity contribution in [3.05, 3.63) is 65.2 Å². The molecule has 2 aromatic carbocycles. The lowest BCUT2D eigenvalue weighted by molar-refractivity contribution is 0.343. The predicted octanol–water partition coefficient (Wildman–Crippen LogP) is 3.00. The maximum atomic E-state index is 9.24. The van der Waals surface area contributed by atoms with Crippen molar-refractivity contribution in [2.24, 2.45) is 0 Å². The summed E-state index contributed by atoms with van der Waals surface area (Å²) in [5.41, 5.74) is 3.64. The van der Waals surface area contributed by atoms with E-state index in [1.165, 1.54) is 11.1 Å². The first kappa shape index (κ1) is 13.7. The molecule has 0 saturated heterocycles. The summed E-state index contributed by atoms with van der Waals surface area (Å²) in [4.78, 5) is 0. The minimum absolute atomic E-state index is 0.315. The molecule has 2 N–H and O–H groups in total. The van der Waals surface area contributed by atoms with Gasteiger partial charge < -0.3 is 15.2 Å². The van der Waals surface area contributed by atoms with E-state index in [9.17, 15) is 5.11 Å². The lowest BCUT2D eigenvalue weighted by atomic mass is 10.1. The van der Waals surface area contributed by atoms with Crippen LogP contribution in [0.15, 0.2) is 54.1 Å². The lowest BCUT2D eigenvalue weighted by Crippen LogP contribution is -2.23. The molecule has 0 aliphatic carbocycles. The quantitative estimate of drug-likeness (QED) is 0.828. The number of phenols is 1. The van der Waals surface area contributed by atoms with Gasteiger partial charge in [0.1, 0.15) is 18.1 Å². The topological polar surface area (TPSA) is 41.5 Å². The molecule has 0 spiro atoms. The normalized spacial score (nSPS) is 13.2. The Kier molecular flexibility index (Phi) is 4.22. The summed E-state index contributed by atoms with van der Waals surface area (Å²) in [6.45, 7) is 2.40. The van der Waals surface area contributed by atoms with Gasteiger partial charge in [-0.05, 0) is 48.4 Å². The summed E-state index contributed by atoms with van der Waals surface area (Å²) in [5.74, 6) is 1.28. The van der Waals surface area contributed by atoms with Crippen molar-refractivity contribution >= 4 is 6.08 Å². The SMILES string of the molecule is Oc1ccc(CCNCC2=Cc3ccccc3OC2)cc1. The first-order valence-corrected chi connectivity index (χ1v) is 7.21. The third kappa shape index (κ3) is 3.64. The zero-order valence-electron chi connectivity index (χ0n) is 11.9. The van der Waals surface area contributed by atoms with Crippen LogP contribution in [0.25, 0.3) is 6.08 Å². The summed E-state index contributed by atoms with van der Waals surface area (Å²) >= 11 is 0. The number of nitrogens with one attached hydrogen (secondary N) is 1. The third-order valence-electron chi connectivity index (χ3n) is 3.57. The van der Waals surface area contributed by atoms with E-state index in [1.807, 2.05) is 30.3 Å². The van der Waals surface area contributed by atoms with Crippen LogP contribution in [0.3, 0.4) is 0 Å². The van der Waals surface area contributed by atoms with Crippen LogP contribution in [0, 0.1) is 0 Å². The van der Waals surface area contributed by atoms with Gasteiger partial charge in [0.2, 0.25) is 0 Å². The fourth-order valence-corrected chi connectivity index (χ4v) is 2.41. The number of benzene rings is 2. The van der Waals surface area contributed by atoms with Crippen molar-refractivity contribution < 1.29 is 9.84 Å². The van der Waals surface area contributed by atoms with Gasteiger partial charge in [-0.25, -0.2) is 0 Å². The molecule has 0 aromatic heterocycles. The molecule has 2 aromatic rings. The first-order chi connectivity index (χ1) is 10.3. The highest BCUT2D eigenvalue weighted by molar-refractivity contribution is 5.62. The number of phenolic OH excluding ortho intramolecular Hbond substituents is 1. The van der Waals surface area contributed by atoms with Crippen molar-refractivity contribution in [3.8, 4) is 11.5 Å². The van der Waals surface area contributed by atoms with E-state index in [2.05, 4.69) is 17.5 Å². The second kappa shape index (κ2) is 6.46. The van der Waals surface area contributed by atoms with Crippen molar-refractivity contribution in [1.82, 2.24) is 5.32 Å². The Morgan fingerprint density at radius 3 is 2.71 bits per heavy atom. The highest BCUT2D eigenvalue weighted by Gasteiger charge is 2.09. The fraction of sp³-hybridized carbons (Fsp3) is 0.222. The molecule has 108 valence electrons. The molecule has 0 bridgehead atoms. The van der Waals surface area contributed by atoms with Crippen LogP contribution < -0.4 is 10.1 Å². The van der Waals surface area contributed by atoms with Crippen LogP contribution >= 0.6 is 0 Å². The van der Waals surface area contributed by atoms with Gasteiger partial charge >= 0.3 is 0 Å². The standard InChI is InChI=1S/C18H19NO2/c20-17-7-5-14(6-8-17)9-10-19-12-15-11-16-3-1-2-4-18(16)21-13-15/h1-8,11,19-20H,9-10,12-13H2. The van der Waals surface area contributed by atoms with E-state index in [0.717, 1.165) is 30.8 Å². The number of aromatic hydroxyl groups is 1. The Labute approximate surface area is 124 Å². The van der Waals surface area contributed by atoms with Crippen molar-refractivity contribution in [2.75, 3.05) is 19.7 Å². The van der Waals surface area contributed by atoms with Crippen LogP contribution in [0.2, 0.25) is 0 Å². The van der Waals surface area contributed by atoms with Crippen LogP contribution in [0.1, 0.15) is 11.1 Å². The highest BCUT2D eigenvalue weighted by atomic mass is 16.5. The van der Waals surface area contributed by atoms with Crippen molar-refractivity contribution in [3.63, 3.8) is 0 Å². The number of ether oxygens (including phenoxy) is 1. The number of fused-ring (bicyclic) bond motifs is 1. The molecule has 1 heterocycles. The Morgan fingerprint density at radius 1 is 1.05 bits per heavy atom. The largest absolute Gasteiger partial charge is 0.508 e. The van der Waals surface area contributed by atoms with Gasteiger partial charge in [0.25, 0.3) is 0 Å². The Morgan fingerprint density at radius 2 is 1.86 bits per heavy atom. The third-order valence-corrected chi connectivity index (χ3v) is 3.57. The zero-order valence-corrected chi connectivity index (χ0v) is 11.9. The molecule has 0 saturated carbocycles. The summed E-state index contributed by atoms with van der Waals surface area (Å²) < 4.78 is 5.73. The second-order valence-electron chi connectivity index (χ2n) is 5.22. The minimum atomic E-state index is 0.315. The van der Waals surface area contributed by atoms with Crippen LogP contribution in [0.4, 0.5) is 0 Å². The van der Waals surface area contributed by atoms with E-state index in [0.29, 0.717) is 12.4 Å². The minimum Gasteiger partial charge on any atom is -0.508 e. The van der Waals surface area contributed by atoms with Crippen LogP contribution in [-0.4, -0.2) is 24.8 Å². The average molecular weight is 281 g/mol. The van der Waals surface area contributed by atoms with E-state index >= 15 is 0 Å². The molecular weight excluding hydrogens is 262 g/mol. The molecule has 0 amide bonds. The number of rotatable bonds is 5. The maximum Gasteiger partial charge on any atom is 0.127 e. The summed E-state index contributed by atoms with van der Waals surface area (Å²) in [6.07, 6.45) is 3.15. The number of hydrogen-bond donors (Lipinski definition) is 2. The van der Waals surface area contributed by atoms with Crippen molar-refractivity contribution in [1.29, 1.82) is 0 Å². The maximum absolute atomic E-state index is 9.24. The highest BCUT2D eigenvalue weighted by Crippen LogP contribution is 2.25. The van der Waals surface area contributed by atoms with Gasteiger partial charge in [-0.1, -0.05) is 30.3 Å². The molecule has 21 heavy (non-hydrogen) atoms. The molecular formula is C18H19NO2. The van der Waals surface area contributed by atoms with E-state index in [4.69, 9.17) is 4.74 Å². The van der Waals surface area contributed by atoms with Gasteiger partial charge in [0.15, 0.2) is 0 Å². The summed E-state index contributed by atoms with van der Waals surface area (Å²) in [7, 11) is 0.